The van der Waals surface area contributed by atoms with Crippen molar-refractivity contribution < 1.29 is 14.3 Å². The van der Waals surface area contributed by atoms with E-state index in [1.54, 1.807) is 0 Å². The minimum atomic E-state index is -0.860. The summed E-state index contributed by atoms with van der Waals surface area (Å²) in [7, 11) is 0. The monoisotopic (exact) mass is 229 g/mol. The van der Waals surface area contributed by atoms with E-state index < -0.39 is 11.9 Å². The quantitative estimate of drug-likeness (QED) is 0.451. The van der Waals surface area contributed by atoms with Crippen LogP contribution in [0.25, 0.3) is 0 Å². The third-order valence-electron chi connectivity index (χ3n) is 2.35. The Hall–Kier alpha value is -1.14. The number of carbonyl (C=O) groups excluding carboxylic acids is 2. The zero-order chi connectivity index (χ0) is 12.0. The molecule has 92 valence electrons. The zero-order valence-corrected chi connectivity index (χ0v) is 9.28. The van der Waals surface area contributed by atoms with Crippen molar-refractivity contribution >= 4 is 11.8 Å². The van der Waals surface area contributed by atoms with Crippen LogP contribution in [0.3, 0.4) is 0 Å². The van der Waals surface area contributed by atoms with Crippen molar-refractivity contribution in [3.63, 3.8) is 0 Å². The summed E-state index contributed by atoms with van der Waals surface area (Å²) in [5, 5.41) is 2.59. The van der Waals surface area contributed by atoms with E-state index in [4.69, 9.17) is 16.2 Å². The fourth-order valence-electron chi connectivity index (χ4n) is 1.22. The van der Waals surface area contributed by atoms with Gasteiger partial charge in [-0.15, -0.1) is 0 Å². The van der Waals surface area contributed by atoms with Gasteiger partial charge in [0.1, 0.15) is 0 Å². The van der Waals surface area contributed by atoms with E-state index in [1.807, 2.05) is 0 Å². The van der Waals surface area contributed by atoms with E-state index >= 15 is 0 Å². The first-order valence-electron chi connectivity index (χ1n) is 5.49. The number of nitrogens with one attached hydrogen (secondary N) is 1. The van der Waals surface area contributed by atoms with Crippen molar-refractivity contribution in [3.8, 4) is 0 Å². The highest BCUT2D eigenvalue weighted by Gasteiger charge is 2.21. The highest BCUT2D eigenvalue weighted by Crippen LogP contribution is 2.28. The normalized spacial score (nSPS) is 16.8. The van der Waals surface area contributed by atoms with Gasteiger partial charge in [-0.05, 0) is 18.8 Å². The standard InChI is InChI=1S/C10H19N3O3/c11-8(5-9(12)14)10(15)13-3-4-16-6-7-1-2-7/h7-8H,1-6,11H2,(H2,12,14)(H,13,15). The van der Waals surface area contributed by atoms with Crippen molar-refractivity contribution in [1.82, 2.24) is 5.32 Å². The first-order valence-corrected chi connectivity index (χ1v) is 5.49. The molecule has 16 heavy (non-hydrogen) atoms. The number of hydrogen-bond donors (Lipinski definition) is 3. The number of ether oxygens (including phenoxy) is 1. The van der Waals surface area contributed by atoms with Crippen molar-refractivity contribution in [3.05, 3.63) is 0 Å². The Morgan fingerprint density at radius 1 is 1.44 bits per heavy atom. The summed E-state index contributed by atoms with van der Waals surface area (Å²) in [4.78, 5) is 21.8. The molecule has 2 amide bonds. The minimum absolute atomic E-state index is 0.130. The van der Waals surface area contributed by atoms with Crippen molar-refractivity contribution in [2.24, 2.45) is 17.4 Å². The fourth-order valence-corrected chi connectivity index (χ4v) is 1.22. The van der Waals surface area contributed by atoms with Crippen LogP contribution >= 0.6 is 0 Å². The maximum atomic E-state index is 11.3. The highest BCUT2D eigenvalue weighted by atomic mass is 16.5. The number of primary amides is 1. The van der Waals surface area contributed by atoms with E-state index in [0.717, 1.165) is 6.61 Å². The Balaban J connectivity index is 1.97. The number of amides is 2. The van der Waals surface area contributed by atoms with Crippen LogP contribution in [0.1, 0.15) is 19.3 Å². The van der Waals surface area contributed by atoms with Gasteiger partial charge in [-0.1, -0.05) is 0 Å². The molecule has 5 N–H and O–H groups in total. The molecule has 1 atom stereocenters. The molecule has 0 spiro atoms. The van der Waals surface area contributed by atoms with E-state index in [2.05, 4.69) is 5.32 Å². The van der Waals surface area contributed by atoms with Crippen molar-refractivity contribution in [2.75, 3.05) is 19.8 Å². The Morgan fingerprint density at radius 3 is 2.69 bits per heavy atom. The van der Waals surface area contributed by atoms with Gasteiger partial charge in [0.05, 0.1) is 19.1 Å². The summed E-state index contributed by atoms with van der Waals surface area (Å²) in [5.41, 5.74) is 10.4. The van der Waals surface area contributed by atoms with Gasteiger partial charge in [0.15, 0.2) is 0 Å². The number of rotatable bonds is 8. The van der Waals surface area contributed by atoms with E-state index in [9.17, 15) is 9.59 Å². The van der Waals surface area contributed by atoms with Crippen LogP contribution in [-0.4, -0.2) is 37.6 Å². The van der Waals surface area contributed by atoms with Crippen LogP contribution < -0.4 is 16.8 Å². The Bertz CT molecular complexity index is 254. The van der Waals surface area contributed by atoms with Gasteiger partial charge in [-0.2, -0.15) is 0 Å². The molecule has 6 heteroatoms. The summed E-state index contributed by atoms with van der Waals surface area (Å²) >= 11 is 0. The molecule has 0 bridgehead atoms. The van der Waals surface area contributed by atoms with Gasteiger partial charge in [-0.25, -0.2) is 0 Å². The van der Waals surface area contributed by atoms with E-state index in [-0.39, 0.29) is 12.3 Å². The third-order valence-corrected chi connectivity index (χ3v) is 2.35. The Labute approximate surface area is 94.7 Å². The third kappa shape index (κ3) is 5.67. The van der Waals surface area contributed by atoms with Gasteiger partial charge >= 0.3 is 0 Å². The lowest BCUT2D eigenvalue weighted by Gasteiger charge is -2.10. The average molecular weight is 229 g/mol. The molecule has 1 aliphatic carbocycles. The summed E-state index contributed by atoms with van der Waals surface area (Å²) in [5.74, 6) is -0.228. The van der Waals surface area contributed by atoms with Crippen LogP contribution in [0.15, 0.2) is 0 Å². The topological polar surface area (TPSA) is 107 Å². The second-order valence-electron chi connectivity index (χ2n) is 4.09. The van der Waals surface area contributed by atoms with Crippen molar-refractivity contribution in [1.29, 1.82) is 0 Å². The molecule has 1 aliphatic rings. The average Bonchev–Trinajstić information content (AvgIpc) is 2.99. The molecule has 0 aromatic heterocycles. The zero-order valence-electron chi connectivity index (χ0n) is 9.28. The van der Waals surface area contributed by atoms with Crippen LogP contribution in [-0.2, 0) is 14.3 Å². The molecule has 0 aromatic rings. The molecular weight excluding hydrogens is 210 g/mol. The summed E-state index contributed by atoms with van der Waals surface area (Å²) in [6.45, 7) is 1.66. The van der Waals surface area contributed by atoms with Gasteiger partial charge in [0.2, 0.25) is 11.8 Å². The number of carbonyl (C=O) groups is 2. The largest absolute Gasteiger partial charge is 0.379 e. The maximum absolute atomic E-state index is 11.3. The van der Waals surface area contributed by atoms with E-state index in [0.29, 0.717) is 19.1 Å². The molecule has 0 radical (unpaired) electrons. The van der Waals surface area contributed by atoms with Crippen LogP contribution in [0.2, 0.25) is 0 Å². The molecule has 1 saturated carbocycles. The Morgan fingerprint density at radius 2 is 2.12 bits per heavy atom. The second kappa shape index (κ2) is 6.44. The predicted octanol–water partition coefficient (Wildman–Crippen LogP) is -1.27. The summed E-state index contributed by atoms with van der Waals surface area (Å²) in [6.07, 6.45) is 2.36. The molecular formula is C10H19N3O3. The first-order chi connectivity index (χ1) is 7.59. The van der Waals surface area contributed by atoms with Crippen LogP contribution in [0, 0.1) is 5.92 Å². The molecule has 1 rings (SSSR count). The smallest absolute Gasteiger partial charge is 0.237 e. The van der Waals surface area contributed by atoms with Gasteiger partial charge in [-0.3, -0.25) is 9.59 Å². The minimum Gasteiger partial charge on any atom is -0.379 e. The lowest BCUT2D eigenvalue weighted by atomic mass is 10.2. The molecule has 0 aromatic carbocycles. The van der Waals surface area contributed by atoms with Crippen molar-refractivity contribution in [2.45, 2.75) is 25.3 Å². The van der Waals surface area contributed by atoms with Crippen LogP contribution in [0.4, 0.5) is 0 Å². The second-order valence-corrected chi connectivity index (χ2v) is 4.09. The molecule has 0 saturated heterocycles. The molecule has 6 nitrogen and oxygen atoms in total. The SMILES string of the molecule is NC(=O)CC(N)C(=O)NCCOCC1CC1. The lowest BCUT2D eigenvalue weighted by Crippen LogP contribution is -2.43. The van der Waals surface area contributed by atoms with Gasteiger partial charge < -0.3 is 21.5 Å². The molecule has 0 aliphatic heterocycles. The number of nitrogens with two attached hydrogens (primary N) is 2. The Kier molecular flexibility index (Phi) is 5.21. The predicted molar refractivity (Wildman–Crippen MR) is 58.3 cm³/mol. The van der Waals surface area contributed by atoms with Gasteiger partial charge in [0, 0.05) is 13.2 Å². The van der Waals surface area contributed by atoms with Crippen LogP contribution in [0.5, 0.6) is 0 Å². The summed E-state index contributed by atoms with van der Waals surface area (Å²) < 4.78 is 5.32. The first kappa shape index (κ1) is 12.9. The van der Waals surface area contributed by atoms with E-state index in [1.165, 1.54) is 12.8 Å². The number of hydrogen-bond acceptors (Lipinski definition) is 4. The molecule has 1 unspecified atom stereocenters. The molecule has 0 heterocycles. The van der Waals surface area contributed by atoms with Gasteiger partial charge in [0.25, 0.3) is 0 Å². The lowest BCUT2D eigenvalue weighted by molar-refractivity contribution is -0.126. The highest BCUT2D eigenvalue weighted by molar-refractivity contribution is 5.87. The molecule has 1 fully saturated rings. The fraction of sp³-hybridized carbons (Fsp3) is 0.800. The summed E-state index contributed by atoms with van der Waals surface area (Å²) in [6, 6.07) is -0.860. The maximum Gasteiger partial charge on any atom is 0.237 e.